The molecule has 7 heteroatoms. The molecule has 0 spiro atoms. The summed E-state index contributed by atoms with van der Waals surface area (Å²) in [5.74, 6) is -0.273. The molecule has 0 aliphatic rings. The van der Waals surface area contributed by atoms with Gasteiger partial charge in [-0.15, -0.1) is 10.2 Å². The molecule has 0 bridgehead atoms. The molecule has 86 valence electrons. The fourth-order valence-corrected chi connectivity index (χ4v) is 1.12. The summed E-state index contributed by atoms with van der Waals surface area (Å²) in [5, 5.41) is 6.90. The van der Waals surface area contributed by atoms with Gasteiger partial charge in [-0.3, -0.25) is 0 Å². The first-order valence-corrected chi connectivity index (χ1v) is 4.43. The summed E-state index contributed by atoms with van der Waals surface area (Å²) in [6, 6.07) is -0.166. The molecule has 4 nitrogen and oxygen atoms in total. The molecule has 0 radical (unpaired) electrons. The van der Waals surface area contributed by atoms with E-state index in [0.717, 1.165) is 6.92 Å². The Morgan fingerprint density at radius 2 is 1.93 bits per heavy atom. The zero-order valence-electron chi connectivity index (χ0n) is 8.71. The van der Waals surface area contributed by atoms with E-state index in [1.165, 1.54) is 10.9 Å². The Balaban J connectivity index is 3.21. The van der Waals surface area contributed by atoms with Crippen molar-refractivity contribution in [1.82, 2.24) is 14.8 Å². The first-order valence-electron chi connectivity index (χ1n) is 4.43. The minimum absolute atomic E-state index is 0.166. The minimum atomic E-state index is -4.55. The normalized spacial score (nSPS) is 16.8. The van der Waals surface area contributed by atoms with E-state index in [-0.39, 0.29) is 11.9 Å². The van der Waals surface area contributed by atoms with Crippen LogP contribution in [0.4, 0.5) is 13.2 Å². The van der Waals surface area contributed by atoms with Gasteiger partial charge in [-0.05, 0) is 20.8 Å². The highest BCUT2D eigenvalue weighted by Gasteiger charge is 2.52. The Kier molecular flexibility index (Phi) is 2.77. The Bertz CT molecular complexity index is 340. The average Bonchev–Trinajstić information content (AvgIpc) is 2.48. The second-order valence-corrected chi connectivity index (χ2v) is 3.86. The standard InChI is InChI=1S/C8H13F3N4/c1-5(2)15-4-13-14-6(15)7(3,12)8(9,10)11/h4-5H,12H2,1-3H3. The molecule has 1 aromatic heterocycles. The molecule has 0 saturated carbocycles. The van der Waals surface area contributed by atoms with Gasteiger partial charge in [0.15, 0.2) is 11.4 Å². The van der Waals surface area contributed by atoms with E-state index in [2.05, 4.69) is 10.2 Å². The van der Waals surface area contributed by atoms with E-state index in [1.54, 1.807) is 13.8 Å². The summed E-state index contributed by atoms with van der Waals surface area (Å²) >= 11 is 0. The molecule has 0 fully saturated rings. The number of alkyl halides is 3. The lowest BCUT2D eigenvalue weighted by Gasteiger charge is -2.27. The third kappa shape index (κ3) is 1.97. The van der Waals surface area contributed by atoms with Gasteiger partial charge in [-0.2, -0.15) is 13.2 Å². The average molecular weight is 222 g/mol. The van der Waals surface area contributed by atoms with E-state index < -0.39 is 11.7 Å². The number of hydrogen-bond donors (Lipinski definition) is 1. The second-order valence-electron chi connectivity index (χ2n) is 3.86. The maximum absolute atomic E-state index is 12.6. The fraction of sp³-hybridized carbons (Fsp3) is 0.750. The van der Waals surface area contributed by atoms with Crippen molar-refractivity contribution in [2.45, 2.75) is 38.5 Å². The van der Waals surface area contributed by atoms with Gasteiger partial charge < -0.3 is 10.3 Å². The first kappa shape index (κ1) is 12.0. The molecule has 0 amide bonds. The lowest BCUT2D eigenvalue weighted by atomic mass is 10.0. The van der Waals surface area contributed by atoms with E-state index in [1.807, 2.05) is 0 Å². The van der Waals surface area contributed by atoms with Crippen LogP contribution in [0, 0.1) is 0 Å². The first-order chi connectivity index (χ1) is 6.68. The minimum Gasteiger partial charge on any atom is -0.313 e. The van der Waals surface area contributed by atoms with Crippen molar-refractivity contribution >= 4 is 0 Å². The van der Waals surface area contributed by atoms with Crippen LogP contribution in [-0.4, -0.2) is 20.9 Å². The highest BCUT2D eigenvalue weighted by atomic mass is 19.4. The molecular formula is C8H13F3N4. The maximum Gasteiger partial charge on any atom is 0.413 e. The van der Waals surface area contributed by atoms with Gasteiger partial charge in [-0.1, -0.05) is 0 Å². The predicted octanol–water partition coefficient (Wildman–Crippen LogP) is 1.60. The Hall–Kier alpha value is -1.11. The quantitative estimate of drug-likeness (QED) is 0.826. The summed E-state index contributed by atoms with van der Waals surface area (Å²) in [5.41, 5.74) is 2.77. The molecule has 2 N–H and O–H groups in total. The van der Waals surface area contributed by atoms with Crippen LogP contribution in [0.25, 0.3) is 0 Å². The van der Waals surface area contributed by atoms with Gasteiger partial charge in [-0.25, -0.2) is 0 Å². The monoisotopic (exact) mass is 222 g/mol. The van der Waals surface area contributed by atoms with Crippen LogP contribution in [0.2, 0.25) is 0 Å². The molecule has 0 saturated heterocycles. The molecule has 15 heavy (non-hydrogen) atoms. The summed E-state index contributed by atoms with van der Waals surface area (Å²) in [4.78, 5) is 0. The third-order valence-electron chi connectivity index (χ3n) is 2.18. The van der Waals surface area contributed by atoms with Crippen LogP contribution < -0.4 is 5.73 Å². The summed E-state index contributed by atoms with van der Waals surface area (Å²) in [6.07, 6.45) is -3.30. The SMILES string of the molecule is CC(C)n1cnnc1C(C)(N)C(F)(F)F. The zero-order chi connectivity index (χ0) is 11.9. The molecular weight excluding hydrogens is 209 g/mol. The maximum atomic E-state index is 12.6. The molecule has 0 aliphatic heterocycles. The Morgan fingerprint density at radius 1 is 1.40 bits per heavy atom. The number of nitrogens with zero attached hydrogens (tertiary/aromatic N) is 3. The molecule has 1 atom stereocenters. The van der Waals surface area contributed by atoms with Crippen molar-refractivity contribution in [3.8, 4) is 0 Å². The van der Waals surface area contributed by atoms with Crippen LogP contribution >= 0.6 is 0 Å². The number of halogens is 3. The van der Waals surface area contributed by atoms with Crippen LogP contribution in [0.5, 0.6) is 0 Å². The molecule has 1 rings (SSSR count). The smallest absolute Gasteiger partial charge is 0.313 e. The number of nitrogens with two attached hydrogens (primary N) is 1. The van der Waals surface area contributed by atoms with E-state index in [4.69, 9.17) is 5.73 Å². The van der Waals surface area contributed by atoms with Crippen molar-refractivity contribution in [3.63, 3.8) is 0 Å². The highest BCUT2D eigenvalue weighted by molar-refractivity contribution is 5.07. The number of hydrogen-bond acceptors (Lipinski definition) is 3. The van der Waals surface area contributed by atoms with Crippen LogP contribution in [0.15, 0.2) is 6.33 Å². The van der Waals surface area contributed by atoms with Crippen molar-refractivity contribution < 1.29 is 13.2 Å². The van der Waals surface area contributed by atoms with Gasteiger partial charge in [0.25, 0.3) is 0 Å². The van der Waals surface area contributed by atoms with Crippen molar-refractivity contribution in [2.75, 3.05) is 0 Å². The summed E-state index contributed by atoms with van der Waals surface area (Å²) in [6.45, 7) is 4.36. The zero-order valence-corrected chi connectivity index (χ0v) is 8.71. The van der Waals surface area contributed by atoms with Crippen molar-refractivity contribution in [1.29, 1.82) is 0 Å². The van der Waals surface area contributed by atoms with Gasteiger partial charge >= 0.3 is 6.18 Å². The van der Waals surface area contributed by atoms with E-state index in [0.29, 0.717) is 0 Å². The topological polar surface area (TPSA) is 56.7 Å². The van der Waals surface area contributed by atoms with Crippen LogP contribution in [0.1, 0.15) is 32.6 Å². The Morgan fingerprint density at radius 3 is 2.33 bits per heavy atom. The number of aromatic nitrogens is 3. The van der Waals surface area contributed by atoms with Gasteiger partial charge in [0, 0.05) is 6.04 Å². The van der Waals surface area contributed by atoms with E-state index >= 15 is 0 Å². The number of rotatable bonds is 2. The molecule has 0 aliphatic carbocycles. The second kappa shape index (κ2) is 3.48. The largest absolute Gasteiger partial charge is 0.413 e. The van der Waals surface area contributed by atoms with E-state index in [9.17, 15) is 13.2 Å². The van der Waals surface area contributed by atoms with Gasteiger partial charge in [0.05, 0.1) is 0 Å². The fourth-order valence-electron chi connectivity index (χ4n) is 1.12. The lowest BCUT2D eigenvalue weighted by molar-refractivity contribution is -0.187. The van der Waals surface area contributed by atoms with Crippen molar-refractivity contribution in [3.05, 3.63) is 12.2 Å². The molecule has 1 heterocycles. The molecule has 1 unspecified atom stereocenters. The molecule has 1 aromatic rings. The highest BCUT2D eigenvalue weighted by Crippen LogP contribution is 2.35. The van der Waals surface area contributed by atoms with Crippen LogP contribution in [0.3, 0.4) is 0 Å². The van der Waals surface area contributed by atoms with Gasteiger partial charge in [0.1, 0.15) is 6.33 Å². The van der Waals surface area contributed by atoms with Crippen LogP contribution in [-0.2, 0) is 5.54 Å². The third-order valence-corrected chi connectivity index (χ3v) is 2.18. The van der Waals surface area contributed by atoms with Gasteiger partial charge in [0.2, 0.25) is 0 Å². The molecule has 0 aromatic carbocycles. The van der Waals surface area contributed by atoms with Crippen molar-refractivity contribution in [2.24, 2.45) is 5.73 Å². The lowest BCUT2D eigenvalue weighted by Crippen LogP contribution is -2.49. The Labute approximate surface area is 85.3 Å². The summed E-state index contributed by atoms with van der Waals surface area (Å²) in [7, 11) is 0. The summed E-state index contributed by atoms with van der Waals surface area (Å²) < 4.78 is 39.2. The predicted molar refractivity (Wildman–Crippen MR) is 48.0 cm³/mol.